The van der Waals surface area contributed by atoms with Crippen LogP contribution in [0.4, 0.5) is 0 Å². The number of carbonyl (C=O) groups is 1. The topological polar surface area (TPSA) is 23.6 Å². The van der Waals surface area contributed by atoms with Gasteiger partial charge in [0.1, 0.15) is 0 Å². The first kappa shape index (κ1) is 14.1. The van der Waals surface area contributed by atoms with Crippen LogP contribution in [0, 0.1) is 5.92 Å². The summed E-state index contributed by atoms with van der Waals surface area (Å²) in [5.74, 6) is 1.07. The van der Waals surface area contributed by atoms with Crippen molar-refractivity contribution in [1.29, 1.82) is 0 Å². The lowest BCUT2D eigenvalue weighted by molar-refractivity contribution is -0.134. The van der Waals surface area contributed by atoms with Gasteiger partial charge in [-0.3, -0.25) is 9.69 Å². The van der Waals surface area contributed by atoms with E-state index < -0.39 is 0 Å². The highest BCUT2D eigenvalue weighted by atomic mass is 32.1. The summed E-state index contributed by atoms with van der Waals surface area (Å²) >= 11 is 1.82. The molecule has 1 aromatic heterocycles. The van der Waals surface area contributed by atoms with Gasteiger partial charge in [0.15, 0.2) is 0 Å². The molecule has 0 spiro atoms. The van der Waals surface area contributed by atoms with Crippen molar-refractivity contribution in [3.05, 3.63) is 22.4 Å². The highest BCUT2D eigenvalue weighted by molar-refractivity contribution is 7.09. The van der Waals surface area contributed by atoms with Crippen molar-refractivity contribution in [3.8, 4) is 0 Å². The summed E-state index contributed by atoms with van der Waals surface area (Å²) in [5, 5.41) is 2.14. The molecule has 1 amide bonds. The molecule has 0 bridgehead atoms. The molecule has 110 valence electrons. The summed E-state index contributed by atoms with van der Waals surface area (Å²) < 4.78 is 0. The van der Waals surface area contributed by atoms with Crippen molar-refractivity contribution in [1.82, 2.24) is 9.80 Å². The molecule has 1 saturated heterocycles. The highest BCUT2D eigenvalue weighted by Crippen LogP contribution is 2.28. The average Bonchev–Trinajstić information content (AvgIpc) is 3.13. The van der Waals surface area contributed by atoms with E-state index in [0.29, 0.717) is 11.8 Å². The van der Waals surface area contributed by atoms with Crippen molar-refractivity contribution in [3.63, 3.8) is 0 Å². The van der Waals surface area contributed by atoms with E-state index in [1.807, 2.05) is 11.3 Å². The van der Waals surface area contributed by atoms with E-state index in [4.69, 9.17) is 0 Å². The molecular weight excluding hydrogens is 268 g/mol. The summed E-state index contributed by atoms with van der Waals surface area (Å²) in [4.78, 5) is 18.3. The lowest BCUT2D eigenvalue weighted by atomic mass is 10.0. The van der Waals surface area contributed by atoms with Gasteiger partial charge in [0.2, 0.25) is 5.91 Å². The van der Waals surface area contributed by atoms with E-state index in [-0.39, 0.29) is 0 Å². The minimum absolute atomic E-state index is 0.396. The van der Waals surface area contributed by atoms with Gasteiger partial charge < -0.3 is 4.90 Å². The van der Waals surface area contributed by atoms with Crippen LogP contribution in [0.2, 0.25) is 0 Å². The van der Waals surface area contributed by atoms with Gasteiger partial charge in [-0.15, -0.1) is 11.3 Å². The maximum Gasteiger partial charge on any atom is 0.222 e. The van der Waals surface area contributed by atoms with Gasteiger partial charge >= 0.3 is 0 Å². The first-order chi connectivity index (χ1) is 9.81. The lowest BCUT2D eigenvalue weighted by Gasteiger charge is -2.35. The molecule has 2 aliphatic rings. The van der Waals surface area contributed by atoms with Crippen LogP contribution in [0.1, 0.15) is 37.0 Å². The van der Waals surface area contributed by atoms with Crippen LogP contribution >= 0.6 is 11.3 Å². The third kappa shape index (κ3) is 3.61. The third-order valence-corrected chi connectivity index (χ3v) is 5.48. The highest BCUT2D eigenvalue weighted by Gasteiger charge is 2.25. The summed E-state index contributed by atoms with van der Waals surface area (Å²) in [6, 6.07) is 4.31. The Morgan fingerprint density at radius 1 is 1.20 bits per heavy atom. The largest absolute Gasteiger partial charge is 0.340 e. The van der Waals surface area contributed by atoms with Crippen LogP contribution in [0.15, 0.2) is 17.5 Å². The molecule has 2 fully saturated rings. The van der Waals surface area contributed by atoms with Crippen LogP contribution in [0.3, 0.4) is 0 Å². The molecule has 3 nitrogen and oxygen atoms in total. The number of hydrogen-bond donors (Lipinski definition) is 0. The predicted octanol–water partition coefficient (Wildman–Crippen LogP) is 2.97. The maximum atomic E-state index is 12.3. The first-order valence-electron chi connectivity index (χ1n) is 7.84. The Hall–Kier alpha value is -0.870. The van der Waals surface area contributed by atoms with E-state index in [2.05, 4.69) is 27.3 Å². The molecule has 0 radical (unpaired) electrons. The maximum absolute atomic E-state index is 12.3. The van der Waals surface area contributed by atoms with Gasteiger partial charge in [0, 0.05) is 44.0 Å². The molecule has 2 heterocycles. The predicted molar refractivity (Wildman–Crippen MR) is 82.8 cm³/mol. The second kappa shape index (κ2) is 6.72. The lowest BCUT2D eigenvalue weighted by Crippen LogP contribution is -2.48. The Kier molecular flexibility index (Phi) is 4.73. The molecule has 3 rings (SSSR count). The molecule has 1 aromatic rings. The van der Waals surface area contributed by atoms with Gasteiger partial charge in [0.05, 0.1) is 0 Å². The van der Waals surface area contributed by atoms with Crippen LogP contribution in [-0.2, 0) is 11.3 Å². The second-order valence-corrected chi connectivity index (χ2v) is 7.12. The molecule has 0 aromatic carbocycles. The number of carbonyl (C=O) groups excluding carboxylic acids is 1. The normalized spacial score (nSPS) is 21.5. The zero-order chi connectivity index (χ0) is 13.8. The fourth-order valence-corrected chi connectivity index (χ4v) is 4.12. The second-order valence-electron chi connectivity index (χ2n) is 6.09. The first-order valence-corrected chi connectivity index (χ1v) is 8.72. The average molecular weight is 292 g/mol. The summed E-state index contributed by atoms with van der Waals surface area (Å²) in [6.45, 7) is 4.92. The summed E-state index contributed by atoms with van der Waals surface area (Å²) in [5.41, 5.74) is 0. The molecule has 0 N–H and O–H groups in total. The van der Waals surface area contributed by atoms with Crippen LogP contribution < -0.4 is 0 Å². The minimum atomic E-state index is 0.396. The van der Waals surface area contributed by atoms with Crippen LogP contribution in [-0.4, -0.2) is 41.9 Å². The smallest absolute Gasteiger partial charge is 0.222 e. The van der Waals surface area contributed by atoms with Gasteiger partial charge in [-0.05, 0) is 30.2 Å². The molecule has 4 heteroatoms. The number of piperazine rings is 1. The molecule has 1 saturated carbocycles. The van der Waals surface area contributed by atoms with E-state index in [1.165, 1.54) is 30.6 Å². The standard InChI is InChI=1S/C16H24N2OS/c19-16(12-14-4-1-2-5-14)18-9-7-17(8-10-18)13-15-6-3-11-20-15/h3,6,11,14H,1-2,4-5,7-10,12-13H2. The Bertz CT molecular complexity index is 418. The van der Waals surface area contributed by atoms with E-state index in [1.54, 1.807) is 0 Å². The van der Waals surface area contributed by atoms with Crippen molar-refractivity contribution < 1.29 is 4.79 Å². The Labute approximate surface area is 125 Å². The van der Waals surface area contributed by atoms with Crippen LogP contribution in [0.25, 0.3) is 0 Å². The van der Waals surface area contributed by atoms with E-state index >= 15 is 0 Å². The number of nitrogens with zero attached hydrogens (tertiary/aromatic N) is 2. The fourth-order valence-electron chi connectivity index (χ4n) is 3.37. The molecule has 1 aliphatic heterocycles. The van der Waals surface area contributed by atoms with E-state index in [9.17, 15) is 4.79 Å². The van der Waals surface area contributed by atoms with Crippen molar-refractivity contribution in [2.75, 3.05) is 26.2 Å². The Balaban J connectivity index is 1.42. The van der Waals surface area contributed by atoms with Crippen LogP contribution in [0.5, 0.6) is 0 Å². The molecule has 0 unspecified atom stereocenters. The number of hydrogen-bond acceptors (Lipinski definition) is 3. The van der Waals surface area contributed by atoms with Gasteiger partial charge in [0.25, 0.3) is 0 Å². The zero-order valence-electron chi connectivity index (χ0n) is 12.1. The third-order valence-electron chi connectivity index (χ3n) is 4.62. The quantitative estimate of drug-likeness (QED) is 0.852. The molecule has 20 heavy (non-hydrogen) atoms. The number of amides is 1. The SMILES string of the molecule is O=C(CC1CCCC1)N1CCN(Cc2cccs2)CC1. The van der Waals surface area contributed by atoms with Gasteiger partial charge in [-0.2, -0.15) is 0 Å². The summed E-state index contributed by atoms with van der Waals surface area (Å²) in [7, 11) is 0. The number of thiophene rings is 1. The molecule has 1 aliphatic carbocycles. The fraction of sp³-hybridized carbons (Fsp3) is 0.688. The molecule has 0 atom stereocenters. The van der Waals surface area contributed by atoms with E-state index in [0.717, 1.165) is 39.1 Å². The van der Waals surface area contributed by atoms with Gasteiger partial charge in [-0.1, -0.05) is 18.9 Å². The van der Waals surface area contributed by atoms with Crippen molar-refractivity contribution in [2.45, 2.75) is 38.6 Å². The minimum Gasteiger partial charge on any atom is -0.340 e. The summed E-state index contributed by atoms with van der Waals surface area (Å²) in [6.07, 6.45) is 5.98. The Morgan fingerprint density at radius 3 is 2.60 bits per heavy atom. The van der Waals surface area contributed by atoms with Crippen molar-refractivity contribution in [2.24, 2.45) is 5.92 Å². The van der Waals surface area contributed by atoms with Gasteiger partial charge in [-0.25, -0.2) is 0 Å². The van der Waals surface area contributed by atoms with Crippen molar-refractivity contribution >= 4 is 17.2 Å². The zero-order valence-corrected chi connectivity index (χ0v) is 12.9. The Morgan fingerprint density at radius 2 is 1.95 bits per heavy atom. The monoisotopic (exact) mass is 292 g/mol. The number of rotatable bonds is 4. The molecular formula is C16H24N2OS.